The first-order chi connectivity index (χ1) is 7.35. The molecule has 15 heavy (non-hydrogen) atoms. The summed E-state index contributed by atoms with van der Waals surface area (Å²) in [6, 6.07) is 8.42. The molecule has 0 saturated carbocycles. The number of allylic oxidation sites excluding steroid dienone is 2. The van der Waals surface area contributed by atoms with Gasteiger partial charge in [0.2, 0.25) is 0 Å². The van der Waals surface area contributed by atoms with E-state index in [0.717, 1.165) is 17.7 Å². The standard InChI is InChI=1S/C13H11NO/c1-15-12-4-2-3-10-11-6-8(13(10)12)5-9(11)7-14/h2-5,8,11H,6H2,1H3/t8-,11-/m0/s1. The predicted octanol–water partition coefficient (Wildman–Crippen LogP) is 2.73. The minimum atomic E-state index is 0.324. The molecule has 74 valence electrons. The summed E-state index contributed by atoms with van der Waals surface area (Å²) < 4.78 is 5.37. The van der Waals surface area contributed by atoms with Crippen molar-refractivity contribution in [1.29, 1.82) is 5.26 Å². The summed E-state index contributed by atoms with van der Waals surface area (Å²) in [5.41, 5.74) is 3.52. The van der Waals surface area contributed by atoms with Crippen molar-refractivity contribution >= 4 is 0 Å². The Morgan fingerprint density at radius 2 is 2.33 bits per heavy atom. The van der Waals surface area contributed by atoms with E-state index in [1.807, 2.05) is 12.1 Å². The van der Waals surface area contributed by atoms with Crippen LogP contribution < -0.4 is 4.74 Å². The Labute approximate surface area is 88.8 Å². The molecule has 0 heterocycles. The van der Waals surface area contributed by atoms with Gasteiger partial charge in [0, 0.05) is 23.0 Å². The third-order valence-corrected chi connectivity index (χ3v) is 3.44. The van der Waals surface area contributed by atoms with E-state index >= 15 is 0 Å². The van der Waals surface area contributed by atoms with Crippen LogP contribution in [0.2, 0.25) is 0 Å². The number of nitriles is 1. The number of rotatable bonds is 1. The van der Waals surface area contributed by atoms with Crippen molar-refractivity contribution in [1.82, 2.24) is 0 Å². The van der Waals surface area contributed by atoms with E-state index in [0.29, 0.717) is 11.8 Å². The topological polar surface area (TPSA) is 33.0 Å². The number of fused-ring (bicyclic) bond motifs is 5. The second-order valence-electron chi connectivity index (χ2n) is 4.09. The molecule has 2 nitrogen and oxygen atoms in total. The summed E-state index contributed by atoms with van der Waals surface area (Å²) in [7, 11) is 1.70. The monoisotopic (exact) mass is 197 g/mol. The van der Waals surface area contributed by atoms with Gasteiger partial charge < -0.3 is 4.74 Å². The van der Waals surface area contributed by atoms with E-state index in [9.17, 15) is 0 Å². The van der Waals surface area contributed by atoms with Gasteiger partial charge in [-0.3, -0.25) is 0 Å². The van der Waals surface area contributed by atoms with Crippen LogP contribution in [0.25, 0.3) is 0 Å². The molecule has 2 atom stereocenters. The van der Waals surface area contributed by atoms with Crippen LogP contribution in [0.3, 0.4) is 0 Å². The summed E-state index contributed by atoms with van der Waals surface area (Å²) in [4.78, 5) is 0. The van der Waals surface area contributed by atoms with E-state index in [4.69, 9.17) is 10.00 Å². The summed E-state index contributed by atoms with van der Waals surface area (Å²) in [5.74, 6) is 1.69. The Balaban J connectivity index is 2.18. The fraction of sp³-hybridized carbons (Fsp3) is 0.308. The van der Waals surface area contributed by atoms with E-state index in [1.54, 1.807) is 7.11 Å². The van der Waals surface area contributed by atoms with Crippen LogP contribution in [0.4, 0.5) is 0 Å². The normalized spacial score (nSPS) is 25.7. The lowest BCUT2D eigenvalue weighted by molar-refractivity contribution is 0.409. The zero-order chi connectivity index (χ0) is 10.4. The van der Waals surface area contributed by atoms with E-state index in [-0.39, 0.29) is 0 Å². The average Bonchev–Trinajstić information content (AvgIpc) is 2.86. The highest BCUT2D eigenvalue weighted by atomic mass is 16.5. The summed E-state index contributed by atoms with van der Waals surface area (Å²) in [5, 5.41) is 8.99. The smallest absolute Gasteiger partial charge is 0.122 e. The Kier molecular flexibility index (Phi) is 1.63. The molecule has 2 aliphatic carbocycles. The van der Waals surface area contributed by atoms with Crippen LogP contribution in [0.5, 0.6) is 5.75 Å². The van der Waals surface area contributed by atoms with Crippen LogP contribution in [0.15, 0.2) is 29.8 Å². The summed E-state index contributed by atoms with van der Waals surface area (Å²) in [6.07, 6.45) is 3.15. The quantitative estimate of drug-likeness (QED) is 0.693. The molecule has 2 heteroatoms. The fourth-order valence-electron chi connectivity index (χ4n) is 2.83. The van der Waals surface area contributed by atoms with Gasteiger partial charge in [0.05, 0.1) is 13.2 Å². The molecular weight excluding hydrogens is 186 g/mol. The zero-order valence-electron chi connectivity index (χ0n) is 8.53. The van der Waals surface area contributed by atoms with Crippen molar-refractivity contribution in [2.24, 2.45) is 0 Å². The maximum atomic E-state index is 8.99. The minimum absolute atomic E-state index is 0.324. The summed E-state index contributed by atoms with van der Waals surface area (Å²) >= 11 is 0. The highest BCUT2D eigenvalue weighted by Crippen LogP contribution is 2.54. The first-order valence-electron chi connectivity index (χ1n) is 5.13. The SMILES string of the molecule is COc1cccc2c1[C@H]1C=C(C#N)[C@@H]2C1. The number of hydrogen-bond acceptors (Lipinski definition) is 2. The highest BCUT2D eigenvalue weighted by Gasteiger charge is 2.39. The van der Waals surface area contributed by atoms with Crippen molar-refractivity contribution < 1.29 is 4.74 Å². The number of nitrogens with zero attached hydrogens (tertiary/aromatic N) is 1. The molecule has 0 aliphatic heterocycles. The lowest BCUT2D eigenvalue weighted by Gasteiger charge is -2.15. The lowest BCUT2D eigenvalue weighted by Crippen LogP contribution is -2.00. The van der Waals surface area contributed by atoms with Gasteiger partial charge in [-0.05, 0) is 18.1 Å². The van der Waals surface area contributed by atoms with Crippen molar-refractivity contribution in [2.75, 3.05) is 7.11 Å². The lowest BCUT2D eigenvalue weighted by atomic mass is 9.91. The summed E-state index contributed by atoms with van der Waals surface area (Å²) in [6.45, 7) is 0. The van der Waals surface area contributed by atoms with Crippen molar-refractivity contribution in [3.8, 4) is 11.8 Å². The van der Waals surface area contributed by atoms with Crippen molar-refractivity contribution in [3.63, 3.8) is 0 Å². The van der Waals surface area contributed by atoms with Crippen molar-refractivity contribution in [2.45, 2.75) is 18.3 Å². The largest absolute Gasteiger partial charge is 0.496 e. The van der Waals surface area contributed by atoms with Crippen LogP contribution in [0, 0.1) is 11.3 Å². The molecule has 0 aromatic heterocycles. The van der Waals surface area contributed by atoms with Gasteiger partial charge in [0.1, 0.15) is 5.75 Å². The Hall–Kier alpha value is -1.75. The number of methoxy groups -OCH3 is 1. The maximum Gasteiger partial charge on any atom is 0.122 e. The third kappa shape index (κ3) is 0.979. The van der Waals surface area contributed by atoms with Crippen LogP contribution in [0.1, 0.15) is 29.4 Å². The molecule has 0 radical (unpaired) electrons. The van der Waals surface area contributed by atoms with E-state index < -0.39 is 0 Å². The molecule has 2 bridgehead atoms. The van der Waals surface area contributed by atoms with Gasteiger partial charge in [-0.1, -0.05) is 18.2 Å². The van der Waals surface area contributed by atoms with Gasteiger partial charge >= 0.3 is 0 Å². The second-order valence-corrected chi connectivity index (χ2v) is 4.09. The molecule has 0 N–H and O–H groups in total. The number of ether oxygens (including phenoxy) is 1. The molecule has 0 saturated heterocycles. The molecule has 3 rings (SSSR count). The van der Waals surface area contributed by atoms with Gasteiger partial charge in [0.15, 0.2) is 0 Å². The Morgan fingerprint density at radius 3 is 3.07 bits per heavy atom. The number of benzene rings is 1. The fourth-order valence-corrected chi connectivity index (χ4v) is 2.83. The second kappa shape index (κ2) is 2.87. The minimum Gasteiger partial charge on any atom is -0.496 e. The van der Waals surface area contributed by atoms with Crippen LogP contribution in [-0.2, 0) is 0 Å². The molecule has 0 spiro atoms. The third-order valence-electron chi connectivity index (χ3n) is 3.44. The van der Waals surface area contributed by atoms with E-state index in [2.05, 4.69) is 18.2 Å². The Morgan fingerprint density at radius 1 is 1.47 bits per heavy atom. The molecule has 0 unspecified atom stereocenters. The Bertz CT molecular complexity index is 496. The molecular formula is C13H11NO. The number of hydrogen-bond donors (Lipinski definition) is 0. The zero-order valence-corrected chi connectivity index (χ0v) is 8.53. The molecule has 2 aliphatic rings. The molecule has 0 fully saturated rings. The van der Waals surface area contributed by atoms with Gasteiger partial charge in [0.25, 0.3) is 0 Å². The average molecular weight is 197 g/mol. The molecule has 1 aromatic rings. The van der Waals surface area contributed by atoms with Crippen LogP contribution in [-0.4, -0.2) is 7.11 Å². The molecule has 0 amide bonds. The van der Waals surface area contributed by atoms with Gasteiger partial charge in [-0.2, -0.15) is 5.26 Å². The van der Waals surface area contributed by atoms with Gasteiger partial charge in [-0.15, -0.1) is 0 Å². The first-order valence-corrected chi connectivity index (χ1v) is 5.13. The first kappa shape index (κ1) is 8.55. The highest BCUT2D eigenvalue weighted by molar-refractivity contribution is 5.59. The van der Waals surface area contributed by atoms with Crippen molar-refractivity contribution in [3.05, 3.63) is 41.0 Å². The maximum absolute atomic E-state index is 8.99. The van der Waals surface area contributed by atoms with Gasteiger partial charge in [-0.25, -0.2) is 0 Å². The van der Waals surface area contributed by atoms with Crippen LogP contribution >= 0.6 is 0 Å². The molecule has 1 aromatic carbocycles. The predicted molar refractivity (Wildman–Crippen MR) is 56.8 cm³/mol. The van der Waals surface area contributed by atoms with E-state index in [1.165, 1.54) is 11.1 Å².